The lowest BCUT2D eigenvalue weighted by Crippen LogP contribution is -2.38. The fourth-order valence-corrected chi connectivity index (χ4v) is 1.94. The molecule has 1 aromatic heterocycles. The lowest BCUT2D eigenvalue weighted by Gasteiger charge is -2.22. The van der Waals surface area contributed by atoms with Gasteiger partial charge < -0.3 is 14.8 Å². The number of rotatable bonds is 7. The van der Waals surface area contributed by atoms with Crippen molar-refractivity contribution >= 4 is 12.2 Å². The quantitative estimate of drug-likeness (QED) is 0.818. The number of nitrogens with one attached hydrogen (secondary N) is 1. The third kappa shape index (κ3) is 8.24. The van der Waals surface area contributed by atoms with Crippen molar-refractivity contribution in [3.8, 4) is 5.75 Å². The molecule has 0 aliphatic heterocycles. The number of hydrogen-bond donors (Lipinski definition) is 1. The number of carbonyl (C=O) groups excluding carboxylic acids is 1. The molecular weight excluding hydrogens is 292 g/mol. The summed E-state index contributed by atoms with van der Waals surface area (Å²) in [5.41, 5.74) is 0.493. The SMILES string of the molecule is CCOc1cncc(C=CCC(CC)NC(=O)OC(C)(C)C)c1. The minimum absolute atomic E-state index is 0.0455. The Bertz CT molecular complexity index is 521. The summed E-state index contributed by atoms with van der Waals surface area (Å²) in [5.74, 6) is 0.758. The van der Waals surface area contributed by atoms with Crippen molar-refractivity contribution in [3.63, 3.8) is 0 Å². The van der Waals surface area contributed by atoms with Crippen LogP contribution in [0.25, 0.3) is 6.08 Å². The van der Waals surface area contributed by atoms with Crippen molar-refractivity contribution in [2.45, 2.75) is 59.1 Å². The molecule has 128 valence electrons. The number of carbonyl (C=O) groups is 1. The Balaban J connectivity index is 2.53. The van der Waals surface area contributed by atoms with Crippen LogP contribution in [0.5, 0.6) is 5.75 Å². The third-order valence-corrected chi connectivity index (χ3v) is 2.99. The van der Waals surface area contributed by atoms with Crippen LogP contribution in [0.1, 0.15) is 53.0 Å². The van der Waals surface area contributed by atoms with Gasteiger partial charge in [0.05, 0.1) is 12.8 Å². The van der Waals surface area contributed by atoms with Gasteiger partial charge >= 0.3 is 6.09 Å². The smallest absolute Gasteiger partial charge is 0.407 e. The molecular formula is C18H28N2O3. The summed E-state index contributed by atoms with van der Waals surface area (Å²) in [6.45, 7) is 10.2. The molecule has 1 unspecified atom stereocenters. The molecule has 23 heavy (non-hydrogen) atoms. The second-order valence-electron chi connectivity index (χ2n) is 6.28. The molecule has 0 spiro atoms. The van der Waals surface area contributed by atoms with Crippen LogP contribution >= 0.6 is 0 Å². The van der Waals surface area contributed by atoms with Crippen LogP contribution in [0, 0.1) is 0 Å². The Hall–Kier alpha value is -2.04. The van der Waals surface area contributed by atoms with Gasteiger partial charge in [-0.1, -0.05) is 19.1 Å². The highest BCUT2D eigenvalue weighted by molar-refractivity contribution is 5.68. The summed E-state index contributed by atoms with van der Waals surface area (Å²) in [5, 5.41) is 2.89. The van der Waals surface area contributed by atoms with Crippen LogP contribution in [0.4, 0.5) is 4.79 Å². The minimum Gasteiger partial charge on any atom is -0.492 e. The molecule has 1 rings (SSSR count). The van der Waals surface area contributed by atoms with Gasteiger partial charge in [-0.15, -0.1) is 0 Å². The summed E-state index contributed by atoms with van der Waals surface area (Å²) < 4.78 is 10.7. The maximum absolute atomic E-state index is 11.8. The van der Waals surface area contributed by atoms with Crippen LogP contribution in [0.15, 0.2) is 24.5 Å². The second-order valence-corrected chi connectivity index (χ2v) is 6.28. The molecule has 0 aliphatic rings. The van der Waals surface area contributed by atoms with E-state index >= 15 is 0 Å². The Morgan fingerprint density at radius 1 is 1.35 bits per heavy atom. The molecule has 1 N–H and O–H groups in total. The average Bonchev–Trinajstić information content (AvgIpc) is 2.45. The molecule has 5 nitrogen and oxygen atoms in total. The zero-order valence-electron chi connectivity index (χ0n) is 14.8. The molecule has 0 aliphatic carbocycles. The Morgan fingerprint density at radius 2 is 2.09 bits per heavy atom. The van der Waals surface area contributed by atoms with Crippen LogP contribution in [-0.2, 0) is 4.74 Å². The van der Waals surface area contributed by atoms with Gasteiger partial charge in [0.25, 0.3) is 0 Å². The highest BCUT2D eigenvalue weighted by Gasteiger charge is 2.18. The number of hydrogen-bond acceptors (Lipinski definition) is 4. The van der Waals surface area contributed by atoms with E-state index in [2.05, 4.69) is 10.3 Å². The van der Waals surface area contributed by atoms with E-state index in [1.165, 1.54) is 0 Å². The van der Waals surface area contributed by atoms with Crippen molar-refractivity contribution in [2.24, 2.45) is 0 Å². The Labute approximate surface area is 139 Å². The molecule has 1 amide bonds. The first kappa shape index (κ1) is 19.0. The summed E-state index contributed by atoms with van der Waals surface area (Å²) in [7, 11) is 0. The van der Waals surface area contributed by atoms with Crippen molar-refractivity contribution in [1.29, 1.82) is 0 Å². The third-order valence-electron chi connectivity index (χ3n) is 2.99. The molecule has 1 heterocycles. The van der Waals surface area contributed by atoms with Crippen LogP contribution in [0.3, 0.4) is 0 Å². The number of amides is 1. The van der Waals surface area contributed by atoms with E-state index in [0.29, 0.717) is 6.61 Å². The second kappa shape index (κ2) is 9.18. The summed E-state index contributed by atoms with van der Waals surface area (Å²) in [6, 6.07) is 1.99. The normalized spacial score (nSPS) is 12.9. The van der Waals surface area contributed by atoms with Gasteiger partial charge in [-0.25, -0.2) is 4.79 Å². The minimum atomic E-state index is -0.483. The highest BCUT2D eigenvalue weighted by Crippen LogP contribution is 2.13. The lowest BCUT2D eigenvalue weighted by atomic mass is 10.1. The zero-order chi connectivity index (χ0) is 17.3. The molecule has 0 bridgehead atoms. The number of nitrogens with zero attached hydrogens (tertiary/aromatic N) is 1. The number of ether oxygens (including phenoxy) is 2. The van der Waals surface area contributed by atoms with E-state index in [1.54, 1.807) is 12.4 Å². The van der Waals surface area contributed by atoms with Gasteiger partial charge in [0.15, 0.2) is 0 Å². The Kier molecular flexibility index (Phi) is 7.59. The molecule has 0 fully saturated rings. The van der Waals surface area contributed by atoms with E-state index < -0.39 is 5.60 Å². The number of alkyl carbamates (subject to hydrolysis) is 1. The first-order valence-corrected chi connectivity index (χ1v) is 8.08. The number of pyridine rings is 1. The van der Waals surface area contributed by atoms with Crippen molar-refractivity contribution in [1.82, 2.24) is 10.3 Å². The van der Waals surface area contributed by atoms with Crippen LogP contribution in [0.2, 0.25) is 0 Å². The van der Waals surface area contributed by atoms with Gasteiger partial charge in [-0.05, 0) is 52.2 Å². The maximum atomic E-state index is 11.8. The largest absolute Gasteiger partial charge is 0.492 e. The molecule has 1 aromatic rings. The molecule has 1 atom stereocenters. The molecule has 0 radical (unpaired) electrons. The van der Waals surface area contributed by atoms with Gasteiger partial charge in [0, 0.05) is 12.2 Å². The standard InChI is InChI=1S/C18H28N2O3/c1-6-15(20-17(21)23-18(3,4)5)10-8-9-14-11-16(22-7-2)13-19-12-14/h8-9,11-13,15H,6-7,10H2,1-5H3,(H,20,21). The predicted molar refractivity (Wildman–Crippen MR) is 92.5 cm³/mol. The van der Waals surface area contributed by atoms with Gasteiger partial charge in [-0.3, -0.25) is 4.98 Å². The Morgan fingerprint density at radius 3 is 2.70 bits per heavy atom. The van der Waals surface area contributed by atoms with Gasteiger partial charge in [-0.2, -0.15) is 0 Å². The van der Waals surface area contributed by atoms with Crippen molar-refractivity contribution in [2.75, 3.05) is 6.61 Å². The van der Waals surface area contributed by atoms with Crippen molar-refractivity contribution in [3.05, 3.63) is 30.1 Å². The van der Waals surface area contributed by atoms with Gasteiger partial charge in [0.1, 0.15) is 11.4 Å². The van der Waals surface area contributed by atoms with Gasteiger partial charge in [0.2, 0.25) is 0 Å². The zero-order valence-corrected chi connectivity index (χ0v) is 14.8. The predicted octanol–water partition coefficient (Wildman–Crippen LogP) is 4.19. The topological polar surface area (TPSA) is 60.5 Å². The highest BCUT2D eigenvalue weighted by atomic mass is 16.6. The molecule has 0 aromatic carbocycles. The lowest BCUT2D eigenvalue weighted by molar-refractivity contribution is 0.0503. The fourth-order valence-electron chi connectivity index (χ4n) is 1.94. The average molecular weight is 320 g/mol. The summed E-state index contributed by atoms with van der Waals surface area (Å²) in [4.78, 5) is 15.9. The van der Waals surface area contributed by atoms with Crippen LogP contribution < -0.4 is 10.1 Å². The molecule has 0 saturated heterocycles. The monoisotopic (exact) mass is 320 g/mol. The first-order valence-electron chi connectivity index (χ1n) is 8.08. The van der Waals surface area contributed by atoms with Crippen molar-refractivity contribution < 1.29 is 14.3 Å². The summed E-state index contributed by atoms with van der Waals surface area (Å²) in [6.07, 6.45) is 8.67. The first-order chi connectivity index (χ1) is 10.8. The van der Waals surface area contributed by atoms with E-state index in [1.807, 2.05) is 52.8 Å². The molecule has 5 heteroatoms. The van der Waals surface area contributed by atoms with E-state index in [-0.39, 0.29) is 12.1 Å². The maximum Gasteiger partial charge on any atom is 0.407 e. The fraction of sp³-hybridized carbons (Fsp3) is 0.556. The summed E-state index contributed by atoms with van der Waals surface area (Å²) >= 11 is 0. The van der Waals surface area contributed by atoms with E-state index in [0.717, 1.165) is 24.2 Å². The van der Waals surface area contributed by atoms with E-state index in [9.17, 15) is 4.79 Å². The van der Waals surface area contributed by atoms with Crippen LogP contribution in [-0.4, -0.2) is 29.3 Å². The van der Waals surface area contributed by atoms with E-state index in [4.69, 9.17) is 9.47 Å². The number of aromatic nitrogens is 1. The molecule has 0 saturated carbocycles.